The van der Waals surface area contributed by atoms with Gasteiger partial charge in [-0.3, -0.25) is 0 Å². The third kappa shape index (κ3) is 3.98. The van der Waals surface area contributed by atoms with Crippen molar-refractivity contribution in [3.8, 4) is 0 Å². The van der Waals surface area contributed by atoms with Crippen LogP contribution in [0.15, 0.2) is 0 Å². The molecule has 1 aliphatic carbocycles. The summed E-state index contributed by atoms with van der Waals surface area (Å²) in [6, 6.07) is 0. The van der Waals surface area contributed by atoms with E-state index in [2.05, 4.69) is 20.8 Å². The first-order chi connectivity index (χ1) is 7.16. The molecule has 0 N–H and O–H groups in total. The van der Waals surface area contributed by atoms with E-state index >= 15 is 0 Å². The summed E-state index contributed by atoms with van der Waals surface area (Å²) in [5, 5.41) is 0. The van der Waals surface area contributed by atoms with Crippen LogP contribution in [0.4, 0.5) is 0 Å². The molecule has 0 aliphatic heterocycles. The van der Waals surface area contributed by atoms with Crippen LogP contribution >= 0.6 is 11.6 Å². The van der Waals surface area contributed by atoms with E-state index in [1.807, 2.05) is 0 Å². The molecule has 1 aliphatic rings. The molecule has 0 saturated heterocycles. The normalized spacial score (nSPS) is 22.4. The van der Waals surface area contributed by atoms with Crippen molar-refractivity contribution in [2.45, 2.75) is 65.7 Å². The quantitative estimate of drug-likeness (QED) is 0.500. The highest BCUT2D eigenvalue weighted by Crippen LogP contribution is 2.50. The molecule has 0 spiro atoms. The highest BCUT2D eigenvalue weighted by Gasteiger charge is 2.41. The Morgan fingerprint density at radius 1 is 1.33 bits per heavy atom. The second-order valence-electron chi connectivity index (χ2n) is 5.68. The van der Waals surface area contributed by atoms with Gasteiger partial charge in [0.2, 0.25) is 0 Å². The van der Waals surface area contributed by atoms with Crippen LogP contribution in [0.25, 0.3) is 0 Å². The molecule has 0 nitrogen and oxygen atoms in total. The topological polar surface area (TPSA) is 0 Å². The lowest BCUT2D eigenvalue weighted by atomic mass is 9.76. The van der Waals surface area contributed by atoms with E-state index in [9.17, 15) is 0 Å². The van der Waals surface area contributed by atoms with Crippen LogP contribution in [-0.4, -0.2) is 5.88 Å². The van der Waals surface area contributed by atoms with Crippen molar-refractivity contribution in [2.75, 3.05) is 5.88 Å². The van der Waals surface area contributed by atoms with Crippen molar-refractivity contribution in [2.24, 2.45) is 17.3 Å². The van der Waals surface area contributed by atoms with Gasteiger partial charge in [0.15, 0.2) is 0 Å². The molecule has 2 atom stereocenters. The number of alkyl halides is 1. The van der Waals surface area contributed by atoms with Crippen LogP contribution in [0.3, 0.4) is 0 Å². The van der Waals surface area contributed by atoms with Crippen molar-refractivity contribution in [1.29, 1.82) is 0 Å². The van der Waals surface area contributed by atoms with E-state index in [-0.39, 0.29) is 0 Å². The van der Waals surface area contributed by atoms with Gasteiger partial charge in [-0.15, -0.1) is 11.6 Å². The Morgan fingerprint density at radius 2 is 2.00 bits per heavy atom. The van der Waals surface area contributed by atoms with E-state index in [4.69, 9.17) is 11.6 Å². The zero-order valence-corrected chi connectivity index (χ0v) is 11.4. The molecule has 0 aromatic heterocycles. The molecule has 1 rings (SSSR count). The minimum atomic E-state index is 0.440. The summed E-state index contributed by atoms with van der Waals surface area (Å²) in [7, 11) is 0. The summed E-state index contributed by atoms with van der Waals surface area (Å²) in [5.41, 5.74) is 0.440. The fraction of sp³-hybridized carbons (Fsp3) is 1.00. The summed E-state index contributed by atoms with van der Waals surface area (Å²) >= 11 is 6.18. The lowest BCUT2D eigenvalue weighted by molar-refractivity contribution is 0.219. The Hall–Kier alpha value is 0.290. The lowest BCUT2D eigenvalue weighted by Crippen LogP contribution is -2.25. The van der Waals surface area contributed by atoms with Gasteiger partial charge >= 0.3 is 0 Å². The van der Waals surface area contributed by atoms with Gasteiger partial charge < -0.3 is 0 Å². The maximum atomic E-state index is 6.18. The number of hydrogen-bond donors (Lipinski definition) is 0. The van der Waals surface area contributed by atoms with Crippen LogP contribution in [0, 0.1) is 17.3 Å². The third-order valence-corrected chi connectivity index (χ3v) is 4.78. The second kappa shape index (κ2) is 6.13. The number of unbranched alkanes of at least 4 members (excludes halogenated alkanes) is 1. The van der Waals surface area contributed by atoms with Crippen LogP contribution in [0.2, 0.25) is 0 Å². The fourth-order valence-corrected chi connectivity index (χ4v) is 3.04. The zero-order valence-electron chi connectivity index (χ0n) is 10.7. The predicted molar refractivity (Wildman–Crippen MR) is 69.5 cm³/mol. The molecule has 1 heteroatoms. The first-order valence-electron chi connectivity index (χ1n) is 6.72. The molecule has 0 bridgehead atoms. The Kier molecular flexibility index (Phi) is 5.46. The Labute approximate surface area is 101 Å². The van der Waals surface area contributed by atoms with Gasteiger partial charge in [-0.05, 0) is 36.5 Å². The van der Waals surface area contributed by atoms with Crippen LogP contribution in [-0.2, 0) is 0 Å². The molecule has 90 valence electrons. The highest BCUT2D eigenvalue weighted by molar-refractivity contribution is 6.18. The highest BCUT2D eigenvalue weighted by atomic mass is 35.5. The van der Waals surface area contributed by atoms with E-state index in [0.717, 1.165) is 17.7 Å². The maximum absolute atomic E-state index is 6.18. The molecular formula is C14H27Cl. The van der Waals surface area contributed by atoms with Crippen LogP contribution in [0.1, 0.15) is 65.7 Å². The van der Waals surface area contributed by atoms with Gasteiger partial charge in [-0.25, -0.2) is 0 Å². The zero-order chi connectivity index (χ0) is 11.3. The molecule has 1 fully saturated rings. The molecule has 0 amide bonds. The van der Waals surface area contributed by atoms with E-state index in [1.165, 1.54) is 44.9 Å². The standard InChI is InChI=1S/C14H27Cl/c1-4-6-7-12(5-2)10-14(3,11-15)13-8-9-13/h12-13H,4-11H2,1-3H3. The van der Waals surface area contributed by atoms with E-state index in [1.54, 1.807) is 0 Å². The first-order valence-corrected chi connectivity index (χ1v) is 7.25. The lowest BCUT2D eigenvalue weighted by Gasteiger charge is -2.31. The number of hydrogen-bond acceptors (Lipinski definition) is 0. The summed E-state index contributed by atoms with van der Waals surface area (Å²) in [4.78, 5) is 0. The van der Waals surface area contributed by atoms with Gasteiger partial charge in [0.05, 0.1) is 0 Å². The molecule has 1 saturated carbocycles. The van der Waals surface area contributed by atoms with Crippen molar-refractivity contribution < 1.29 is 0 Å². The Bertz CT molecular complexity index is 174. The van der Waals surface area contributed by atoms with Crippen LogP contribution in [0.5, 0.6) is 0 Å². The minimum Gasteiger partial charge on any atom is -0.126 e. The Balaban J connectivity index is 2.40. The maximum Gasteiger partial charge on any atom is 0.0280 e. The number of halogens is 1. The second-order valence-corrected chi connectivity index (χ2v) is 5.95. The summed E-state index contributed by atoms with van der Waals surface area (Å²) in [6.07, 6.45) is 9.67. The van der Waals surface area contributed by atoms with E-state index < -0.39 is 0 Å². The third-order valence-electron chi connectivity index (χ3n) is 4.17. The van der Waals surface area contributed by atoms with Crippen LogP contribution < -0.4 is 0 Å². The molecular weight excluding hydrogens is 204 g/mol. The molecule has 15 heavy (non-hydrogen) atoms. The number of rotatable bonds is 8. The van der Waals surface area contributed by atoms with Gasteiger partial charge in [-0.2, -0.15) is 0 Å². The van der Waals surface area contributed by atoms with E-state index in [0.29, 0.717) is 5.41 Å². The van der Waals surface area contributed by atoms with Gasteiger partial charge in [0, 0.05) is 5.88 Å². The largest absolute Gasteiger partial charge is 0.126 e. The van der Waals surface area contributed by atoms with Crippen molar-refractivity contribution in [3.63, 3.8) is 0 Å². The van der Waals surface area contributed by atoms with Crippen molar-refractivity contribution in [3.05, 3.63) is 0 Å². The smallest absolute Gasteiger partial charge is 0.0280 e. The summed E-state index contributed by atoms with van der Waals surface area (Å²) < 4.78 is 0. The summed E-state index contributed by atoms with van der Waals surface area (Å²) in [6.45, 7) is 7.03. The molecule has 0 aromatic rings. The van der Waals surface area contributed by atoms with Gasteiger partial charge in [0.1, 0.15) is 0 Å². The molecule has 0 heterocycles. The Morgan fingerprint density at radius 3 is 2.40 bits per heavy atom. The van der Waals surface area contributed by atoms with Crippen molar-refractivity contribution >= 4 is 11.6 Å². The monoisotopic (exact) mass is 230 g/mol. The van der Waals surface area contributed by atoms with Gasteiger partial charge in [0.25, 0.3) is 0 Å². The predicted octanol–water partition coefficient (Wildman–Crippen LogP) is 5.25. The summed E-state index contributed by atoms with van der Waals surface area (Å²) in [5.74, 6) is 2.71. The fourth-order valence-electron chi connectivity index (χ4n) is 2.71. The average Bonchev–Trinajstić information content (AvgIpc) is 3.07. The van der Waals surface area contributed by atoms with Crippen molar-refractivity contribution in [1.82, 2.24) is 0 Å². The molecule has 2 unspecified atom stereocenters. The van der Waals surface area contributed by atoms with Gasteiger partial charge in [-0.1, -0.05) is 46.5 Å². The average molecular weight is 231 g/mol. The SMILES string of the molecule is CCCCC(CC)CC(C)(CCl)C1CC1. The minimum absolute atomic E-state index is 0.440. The first kappa shape index (κ1) is 13.4. The molecule has 0 aromatic carbocycles. The molecule has 0 radical (unpaired) electrons.